The molecule has 4 nitrogen and oxygen atoms in total. The van der Waals surface area contributed by atoms with Crippen molar-refractivity contribution in [2.75, 3.05) is 5.32 Å². The summed E-state index contributed by atoms with van der Waals surface area (Å²) in [6.45, 7) is 3.76. The van der Waals surface area contributed by atoms with E-state index >= 15 is 0 Å². The molecule has 0 unspecified atom stereocenters. The predicted octanol–water partition coefficient (Wildman–Crippen LogP) is 3.97. The van der Waals surface area contributed by atoms with Crippen LogP contribution < -0.4 is 5.32 Å². The zero-order chi connectivity index (χ0) is 14.9. The second-order valence-electron chi connectivity index (χ2n) is 4.15. The highest BCUT2D eigenvalue weighted by Crippen LogP contribution is 2.32. The Morgan fingerprint density at radius 3 is 2.55 bits per heavy atom. The summed E-state index contributed by atoms with van der Waals surface area (Å²) in [6, 6.07) is 0.822. The first-order chi connectivity index (χ1) is 9.27. The molecular weight excluding hydrogens is 295 g/mol. The van der Waals surface area contributed by atoms with Gasteiger partial charge in [-0.15, -0.1) is 0 Å². The Kier molecular flexibility index (Phi) is 3.89. The van der Waals surface area contributed by atoms with E-state index in [0.29, 0.717) is 11.7 Å². The molecule has 0 radical (unpaired) electrons. The molecular formula is C12H11ClF3N3O. The third-order valence-corrected chi connectivity index (χ3v) is 2.94. The number of oxazole rings is 1. The standard InChI is InChI=1S/C12H11ClF3N3O/c1-6-7(2)20-10(19-6)5-18-11-9(13)3-8(4-17-11)12(14,15)16/h3-4H,5H2,1-2H3,(H,17,18). The van der Waals surface area contributed by atoms with Crippen LogP contribution in [0.2, 0.25) is 5.02 Å². The minimum absolute atomic E-state index is 0.111. The van der Waals surface area contributed by atoms with Crippen LogP contribution in [0.1, 0.15) is 22.9 Å². The Morgan fingerprint density at radius 1 is 1.35 bits per heavy atom. The highest BCUT2D eigenvalue weighted by molar-refractivity contribution is 6.32. The molecule has 0 atom stereocenters. The van der Waals surface area contributed by atoms with Crippen molar-refractivity contribution in [2.45, 2.75) is 26.6 Å². The molecule has 0 aromatic carbocycles. The number of nitrogens with zero attached hydrogens (tertiary/aromatic N) is 2. The molecule has 0 fully saturated rings. The maximum absolute atomic E-state index is 12.5. The molecule has 0 amide bonds. The van der Waals surface area contributed by atoms with Gasteiger partial charge in [0.2, 0.25) is 5.89 Å². The van der Waals surface area contributed by atoms with Crippen molar-refractivity contribution in [3.05, 3.63) is 40.2 Å². The Balaban J connectivity index is 2.10. The van der Waals surface area contributed by atoms with Crippen LogP contribution in [0.4, 0.5) is 19.0 Å². The molecule has 0 aliphatic heterocycles. The van der Waals surface area contributed by atoms with Crippen molar-refractivity contribution in [2.24, 2.45) is 0 Å². The van der Waals surface area contributed by atoms with Gasteiger partial charge in [0.15, 0.2) is 0 Å². The van der Waals surface area contributed by atoms with E-state index in [1.165, 1.54) is 0 Å². The summed E-state index contributed by atoms with van der Waals surface area (Å²) in [5.41, 5.74) is -0.135. The van der Waals surface area contributed by atoms with Gasteiger partial charge in [-0.25, -0.2) is 9.97 Å². The highest BCUT2D eigenvalue weighted by atomic mass is 35.5. The number of aryl methyl sites for hydroxylation is 2. The summed E-state index contributed by atoms with van der Waals surface area (Å²) in [6.07, 6.45) is -3.74. The number of anilines is 1. The number of rotatable bonds is 3. The van der Waals surface area contributed by atoms with E-state index in [1.807, 2.05) is 0 Å². The van der Waals surface area contributed by atoms with E-state index in [2.05, 4.69) is 15.3 Å². The van der Waals surface area contributed by atoms with Crippen LogP contribution in [-0.4, -0.2) is 9.97 Å². The Bertz CT molecular complexity index is 605. The van der Waals surface area contributed by atoms with E-state index in [1.54, 1.807) is 13.8 Å². The molecule has 0 aliphatic carbocycles. The van der Waals surface area contributed by atoms with Gasteiger partial charge in [0, 0.05) is 6.20 Å². The van der Waals surface area contributed by atoms with Crippen LogP contribution in [0.3, 0.4) is 0 Å². The van der Waals surface area contributed by atoms with E-state index in [9.17, 15) is 13.2 Å². The third-order valence-electron chi connectivity index (χ3n) is 2.65. The largest absolute Gasteiger partial charge is 0.444 e. The summed E-state index contributed by atoms with van der Waals surface area (Å²) in [5.74, 6) is 1.25. The molecule has 2 rings (SSSR count). The number of halogens is 4. The van der Waals surface area contributed by atoms with Crippen molar-refractivity contribution in [1.29, 1.82) is 0 Å². The van der Waals surface area contributed by atoms with Gasteiger partial charge in [0.1, 0.15) is 11.6 Å². The molecule has 108 valence electrons. The molecule has 8 heteroatoms. The Morgan fingerprint density at radius 2 is 2.05 bits per heavy atom. The summed E-state index contributed by atoms with van der Waals surface area (Å²) in [5, 5.41) is 2.67. The lowest BCUT2D eigenvalue weighted by molar-refractivity contribution is -0.137. The van der Waals surface area contributed by atoms with Crippen LogP contribution in [0, 0.1) is 13.8 Å². The monoisotopic (exact) mass is 305 g/mol. The second-order valence-corrected chi connectivity index (χ2v) is 4.56. The first-order valence-electron chi connectivity index (χ1n) is 5.67. The lowest BCUT2D eigenvalue weighted by Gasteiger charge is -2.09. The van der Waals surface area contributed by atoms with Crippen LogP contribution in [0.25, 0.3) is 0 Å². The average Bonchev–Trinajstić information content (AvgIpc) is 2.66. The number of nitrogens with one attached hydrogen (secondary N) is 1. The van der Waals surface area contributed by atoms with Crippen LogP contribution >= 0.6 is 11.6 Å². The first kappa shape index (κ1) is 14.6. The normalized spacial score (nSPS) is 11.7. The maximum Gasteiger partial charge on any atom is 0.417 e. The van der Waals surface area contributed by atoms with Crippen LogP contribution in [0.5, 0.6) is 0 Å². The Hall–Kier alpha value is -1.76. The van der Waals surface area contributed by atoms with E-state index in [-0.39, 0.29) is 17.4 Å². The maximum atomic E-state index is 12.5. The van der Waals surface area contributed by atoms with Crippen molar-refractivity contribution >= 4 is 17.4 Å². The fourth-order valence-corrected chi connectivity index (χ4v) is 1.73. The van der Waals surface area contributed by atoms with Crippen molar-refractivity contribution in [3.8, 4) is 0 Å². The highest BCUT2D eigenvalue weighted by Gasteiger charge is 2.31. The lowest BCUT2D eigenvalue weighted by atomic mass is 10.3. The predicted molar refractivity (Wildman–Crippen MR) is 67.6 cm³/mol. The average molecular weight is 306 g/mol. The third kappa shape index (κ3) is 3.22. The minimum atomic E-state index is -4.47. The lowest BCUT2D eigenvalue weighted by Crippen LogP contribution is -2.08. The molecule has 0 aliphatic rings. The molecule has 2 heterocycles. The molecule has 20 heavy (non-hydrogen) atoms. The summed E-state index contributed by atoms with van der Waals surface area (Å²) >= 11 is 5.76. The van der Waals surface area contributed by atoms with Gasteiger partial charge in [-0.3, -0.25) is 0 Å². The van der Waals surface area contributed by atoms with Gasteiger partial charge in [0.05, 0.1) is 22.8 Å². The number of pyridine rings is 1. The van der Waals surface area contributed by atoms with Crippen LogP contribution in [0.15, 0.2) is 16.7 Å². The molecule has 0 saturated carbocycles. The van der Waals surface area contributed by atoms with E-state index < -0.39 is 11.7 Å². The molecule has 0 bridgehead atoms. The van der Waals surface area contributed by atoms with Gasteiger partial charge < -0.3 is 9.73 Å². The smallest absolute Gasteiger partial charge is 0.417 e. The summed E-state index contributed by atoms with van der Waals surface area (Å²) in [7, 11) is 0. The number of hydrogen-bond acceptors (Lipinski definition) is 4. The van der Waals surface area contributed by atoms with Crippen molar-refractivity contribution in [1.82, 2.24) is 9.97 Å². The Labute approximate surface area is 118 Å². The van der Waals surface area contributed by atoms with Gasteiger partial charge in [-0.2, -0.15) is 13.2 Å². The van der Waals surface area contributed by atoms with Gasteiger partial charge >= 0.3 is 6.18 Å². The van der Waals surface area contributed by atoms with Gasteiger partial charge in [0.25, 0.3) is 0 Å². The molecule has 2 aromatic rings. The molecule has 1 N–H and O–H groups in total. The number of alkyl halides is 3. The molecule has 0 spiro atoms. The van der Waals surface area contributed by atoms with Gasteiger partial charge in [-0.1, -0.05) is 11.6 Å². The fourth-order valence-electron chi connectivity index (χ4n) is 1.50. The van der Waals surface area contributed by atoms with E-state index in [4.69, 9.17) is 16.0 Å². The topological polar surface area (TPSA) is 51.0 Å². The number of hydrogen-bond donors (Lipinski definition) is 1. The summed E-state index contributed by atoms with van der Waals surface area (Å²) in [4.78, 5) is 7.79. The quantitative estimate of drug-likeness (QED) is 0.932. The van der Waals surface area contributed by atoms with Gasteiger partial charge in [-0.05, 0) is 19.9 Å². The summed E-state index contributed by atoms with van der Waals surface area (Å²) < 4.78 is 42.7. The molecule has 0 saturated heterocycles. The first-order valence-corrected chi connectivity index (χ1v) is 6.04. The zero-order valence-electron chi connectivity index (χ0n) is 10.7. The molecule has 2 aromatic heterocycles. The second kappa shape index (κ2) is 5.32. The minimum Gasteiger partial charge on any atom is -0.444 e. The zero-order valence-corrected chi connectivity index (χ0v) is 11.4. The van der Waals surface area contributed by atoms with E-state index in [0.717, 1.165) is 18.0 Å². The van der Waals surface area contributed by atoms with Crippen molar-refractivity contribution in [3.63, 3.8) is 0 Å². The van der Waals surface area contributed by atoms with Crippen molar-refractivity contribution < 1.29 is 17.6 Å². The number of aromatic nitrogens is 2. The SMILES string of the molecule is Cc1nc(CNc2ncc(C(F)(F)F)cc2Cl)oc1C. The fraction of sp³-hybridized carbons (Fsp3) is 0.333. The van der Waals surface area contributed by atoms with Crippen LogP contribution in [-0.2, 0) is 12.7 Å².